The fourth-order valence-electron chi connectivity index (χ4n) is 1.88. The third-order valence-electron chi connectivity index (χ3n) is 2.91. The Bertz CT molecular complexity index is 700. The van der Waals surface area contributed by atoms with Crippen LogP contribution in [0.4, 0.5) is 0 Å². The summed E-state index contributed by atoms with van der Waals surface area (Å²) in [4.78, 5) is 4.35. The molecular weight excluding hydrogens is 284 g/mol. The highest BCUT2D eigenvalue weighted by Crippen LogP contribution is 2.25. The maximum atomic E-state index is 9.35. The maximum Gasteiger partial charge on any atom is 0.271 e. The van der Waals surface area contributed by atoms with E-state index >= 15 is 0 Å². The molecule has 0 radical (unpaired) electrons. The molecule has 108 valence electrons. The van der Waals surface area contributed by atoms with Gasteiger partial charge in [-0.2, -0.15) is 10.2 Å². The minimum absolute atomic E-state index is 0.237. The van der Waals surface area contributed by atoms with Crippen LogP contribution in [0.15, 0.2) is 33.8 Å². The highest BCUT2D eigenvalue weighted by molar-refractivity contribution is 8.02. The molecule has 0 amide bonds. The van der Waals surface area contributed by atoms with Gasteiger partial charge in [-0.15, -0.1) is 11.8 Å². The topological polar surface area (TPSA) is 74.7 Å². The van der Waals surface area contributed by atoms with E-state index in [9.17, 15) is 5.26 Å². The van der Waals surface area contributed by atoms with Gasteiger partial charge in [-0.1, -0.05) is 29.4 Å². The molecule has 1 aromatic carbocycles. The molecule has 21 heavy (non-hydrogen) atoms. The molecule has 2 aromatic rings. The van der Waals surface area contributed by atoms with E-state index in [0.29, 0.717) is 11.4 Å². The van der Waals surface area contributed by atoms with Crippen LogP contribution in [0.1, 0.15) is 18.4 Å². The first-order valence-electron chi connectivity index (χ1n) is 6.53. The predicted molar refractivity (Wildman–Crippen MR) is 84.2 cm³/mol. The second-order valence-electron chi connectivity index (χ2n) is 4.29. The van der Waals surface area contributed by atoms with Crippen LogP contribution in [-0.2, 0) is 0 Å². The van der Waals surface area contributed by atoms with E-state index in [1.54, 1.807) is 0 Å². The van der Waals surface area contributed by atoms with Gasteiger partial charge in [0.25, 0.3) is 5.89 Å². The highest BCUT2D eigenvalue weighted by Gasteiger charge is 2.17. The van der Waals surface area contributed by atoms with E-state index < -0.39 is 0 Å². The lowest BCUT2D eigenvalue weighted by molar-refractivity contribution is 0.409. The summed E-state index contributed by atoms with van der Waals surface area (Å²) in [6, 6.07) is 9.93. The molecule has 0 saturated heterocycles. The standard InChI is InChI=1S/C15H16N4OS/c1-4-17-15(21-3)12(9-16)14-18-13(19-20-14)11-8-6-5-7-10(11)2/h5-8,17H,4H2,1-3H3/b15-12-. The van der Waals surface area contributed by atoms with Gasteiger partial charge in [-0.25, -0.2) is 0 Å². The summed E-state index contributed by atoms with van der Waals surface area (Å²) in [5, 5.41) is 17.2. The van der Waals surface area contributed by atoms with Crippen LogP contribution >= 0.6 is 11.8 Å². The maximum absolute atomic E-state index is 9.35. The average Bonchev–Trinajstić information content (AvgIpc) is 2.97. The molecule has 0 atom stereocenters. The Kier molecular flexibility index (Phi) is 5.01. The molecule has 2 rings (SSSR count). The van der Waals surface area contributed by atoms with E-state index in [4.69, 9.17) is 4.52 Å². The Morgan fingerprint density at radius 1 is 1.43 bits per heavy atom. The highest BCUT2D eigenvalue weighted by atomic mass is 32.2. The van der Waals surface area contributed by atoms with Crippen molar-refractivity contribution < 1.29 is 4.52 Å². The van der Waals surface area contributed by atoms with Crippen LogP contribution in [0.2, 0.25) is 0 Å². The lowest BCUT2D eigenvalue weighted by Crippen LogP contribution is -2.11. The van der Waals surface area contributed by atoms with Gasteiger partial charge in [0, 0.05) is 12.1 Å². The van der Waals surface area contributed by atoms with Crippen LogP contribution < -0.4 is 5.32 Å². The lowest BCUT2D eigenvalue weighted by Gasteiger charge is -2.05. The molecule has 0 aliphatic rings. The Labute approximate surface area is 128 Å². The van der Waals surface area contributed by atoms with Crippen molar-refractivity contribution in [2.45, 2.75) is 13.8 Å². The normalized spacial score (nSPS) is 11.7. The zero-order chi connectivity index (χ0) is 15.2. The van der Waals surface area contributed by atoms with Crippen molar-refractivity contribution in [3.63, 3.8) is 0 Å². The second kappa shape index (κ2) is 6.95. The van der Waals surface area contributed by atoms with Crippen LogP contribution in [-0.4, -0.2) is 22.9 Å². The minimum atomic E-state index is 0.237. The number of aryl methyl sites for hydroxylation is 1. The van der Waals surface area contributed by atoms with Crippen LogP contribution in [0.3, 0.4) is 0 Å². The van der Waals surface area contributed by atoms with E-state index in [1.165, 1.54) is 11.8 Å². The monoisotopic (exact) mass is 300 g/mol. The molecule has 0 saturated carbocycles. The first-order valence-corrected chi connectivity index (χ1v) is 7.76. The fraction of sp³-hybridized carbons (Fsp3) is 0.267. The van der Waals surface area contributed by atoms with Crippen molar-refractivity contribution in [1.82, 2.24) is 15.5 Å². The van der Waals surface area contributed by atoms with Crippen LogP contribution in [0, 0.1) is 18.3 Å². The average molecular weight is 300 g/mol. The summed E-state index contributed by atoms with van der Waals surface area (Å²) < 4.78 is 5.26. The van der Waals surface area contributed by atoms with E-state index in [1.807, 2.05) is 44.4 Å². The van der Waals surface area contributed by atoms with Crippen LogP contribution in [0.5, 0.6) is 0 Å². The van der Waals surface area contributed by atoms with Gasteiger partial charge < -0.3 is 9.84 Å². The number of nitrogens with zero attached hydrogens (tertiary/aromatic N) is 3. The Morgan fingerprint density at radius 2 is 2.19 bits per heavy atom. The van der Waals surface area contributed by atoms with Gasteiger partial charge in [-0.05, 0) is 25.7 Å². The summed E-state index contributed by atoms with van der Waals surface area (Å²) in [6.45, 7) is 4.68. The van der Waals surface area contributed by atoms with Gasteiger partial charge in [0.15, 0.2) is 0 Å². The summed E-state index contributed by atoms with van der Waals surface area (Å²) >= 11 is 1.45. The zero-order valence-electron chi connectivity index (χ0n) is 12.2. The molecule has 6 heteroatoms. The van der Waals surface area contributed by atoms with Crippen molar-refractivity contribution in [2.75, 3.05) is 12.8 Å². The predicted octanol–water partition coefficient (Wildman–Crippen LogP) is 3.21. The minimum Gasteiger partial charge on any atom is -0.379 e. The summed E-state index contributed by atoms with van der Waals surface area (Å²) in [5.74, 6) is 0.730. The molecule has 1 N–H and O–H groups in total. The van der Waals surface area contributed by atoms with E-state index in [2.05, 4.69) is 21.5 Å². The first-order chi connectivity index (χ1) is 10.2. The largest absolute Gasteiger partial charge is 0.379 e. The number of aromatic nitrogens is 2. The van der Waals surface area contributed by atoms with Crippen LogP contribution in [0.25, 0.3) is 17.0 Å². The zero-order valence-corrected chi connectivity index (χ0v) is 13.0. The molecule has 0 unspecified atom stereocenters. The van der Waals surface area contributed by atoms with Crippen molar-refractivity contribution >= 4 is 17.3 Å². The number of allylic oxidation sites excluding steroid dienone is 1. The number of nitriles is 1. The number of rotatable bonds is 5. The first kappa shape index (κ1) is 15.1. The second-order valence-corrected chi connectivity index (χ2v) is 5.10. The van der Waals surface area contributed by atoms with Gasteiger partial charge in [0.1, 0.15) is 11.6 Å². The van der Waals surface area contributed by atoms with Gasteiger partial charge in [0.05, 0.1) is 5.03 Å². The molecule has 0 spiro atoms. The molecular formula is C15H16N4OS. The molecule has 0 aliphatic carbocycles. The molecule has 0 aliphatic heterocycles. The molecule has 1 heterocycles. The Morgan fingerprint density at radius 3 is 2.81 bits per heavy atom. The number of nitrogens with one attached hydrogen (secondary N) is 1. The Balaban J connectivity index is 2.44. The molecule has 0 bridgehead atoms. The molecule has 1 aromatic heterocycles. The van der Waals surface area contributed by atoms with Gasteiger partial charge in [0.2, 0.25) is 5.82 Å². The number of hydrogen-bond donors (Lipinski definition) is 1. The fourth-order valence-corrected chi connectivity index (χ4v) is 2.50. The van der Waals surface area contributed by atoms with Gasteiger partial charge >= 0.3 is 0 Å². The quantitative estimate of drug-likeness (QED) is 0.855. The molecule has 5 nitrogen and oxygen atoms in total. The van der Waals surface area contributed by atoms with Crippen molar-refractivity contribution in [2.24, 2.45) is 0 Å². The van der Waals surface area contributed by atoms with E-state index in [0.717, 1.165) is 22.7 Å². The van der Waals surface area contributed by atoms with Gasteiger partial charge in [-0.3, -0.25) is 0 Å². The SMILES string of the molecule is CCN/C(SC)=C(\C#N)c1nc(-c2ccccc2C)no1. The smallest absolute Gasteiger partial charge is 0.271 e. The van der Waals surface area contributed by atoms with Crippen molar-refractivity contribution in [3.05, 3.63) is 40.7 Å². The summed E-state index contributed by atoms with van der Waals surface area (Å²) in [6.07, 6.45) is 1.90. The third-order valence-corrected chi connectivity index (χ3v) is 3.66. The molecule has 0 fully saturated rings. The summed E-state index contributed by atoms with van der Waals surface area (Å²) in [7, 11) is 0. The summed E-state index contributed by atoms with van der Waals surface area (Å²) in [5.41, 5.74) is 2.33. The third kappa shape index (κ3) is 3.26. The lowest BCUT2D eigenvalue weighted by atomic mass is 10.1. The van der Waals surface area contributed by atoms with Crippen molar-refractivity contribution in [3.8, 4) is 17.5 Å². The van der Waals surface area contributed by atoms with E-state index in [-0.39, 0.29) is 5.89 Å². The number of thioether (sulfide) groups is 1. The number of hydrogen-bond acceptors (Lipinski definition) is 6. The van der Waals surface area contributed by atoms with Crippen molar-refractivity contribution in [1.29, 1.82) is 5.26 Å². The Hall–Kier alpha value is -2.26. The number of benzene rings is 1.